The van der Waals surface area contributed by atoms with Gasteiger partial charge in [0.05, 0.1) is 30.2 Å². The first-order valence-corrected chi connectivity index (χ1v) is 12.4. The molecule has 0 aliphatic carbocycles. The molecule has 2 heterocycles. The standard InChI is InChI=1S/C24H28N2O6S/c1-16-10-11-17(2)22(13-16)33(29,30)25-12-6-7-18(14-25)23(27)26-15-21(24(28)31-3)32-20-9-5-4-8-19(20)26/h4-5,8-11,13,18,21H,6-7,12,14-15H2,1-3H3/t18-,21-/m1/s1. The molecule has 0 saturated carbocycles. The third-order valence-corrected chi connectivity index (χ3v) is 8.21. The number of anilines is 1. The zero-order valence-electron chi connectivity index (χ0n) is 19.0. The first-order valence-electron chi connectivity index (χ1n) is 10.9. The Balaban J connectivity index is 1.60. The molecule has 2 aromatic carbocycles. The lowest BCUT2D eigenvalue weighted by atomic mass is 9.97. The number of amides is 1. The first-order chi connectivity index (χ1) is 15.7. The van der Waals surface area contributed by atoms with Gasteiger partial charge in [-0.15, -0.1) is 0 Å². The van der Waals surface area contributed by atoms with Crippen molar-refractivity contribution in [2.45, 2.75) is 37.7 Å². The number of methoxy groups -OCH3 is 1. The molecule has 0 N–H and O–H groups in total. The lowest BCUT2D eigenvalue weighted by Gasteiger charge is -2.38. The van der Waals surface area contributed by atoms with Crippen LogP contribution in [0.5, 0.6) is 5.75 Å². The summed E-state index contributed by atoms with van der Waals surface area (Å²) in [7, 11) is -2.46. The number of ether oxygens (including phenoxy) is 2. The van der Waals surface area contributed by atoms with Crippen LogP contribution in [0.25, 0.3) is 0 Å². The number of carbonyl (C=O) groups is 2. The molecule has 0 spiro atoms. The Labute approximate surface area is 194 Å². The maximum absolute atomic E-state index is 13.6. The molecule has 8 nitrogen and oxygen atoms in total. The van der Waals surface area contributed by atoms with E-state index in [2.05, 4.69) is 0 Å². The van der Waals surface area contributed by atoms with Gasteiger partial charge >= 0.3 is 5.97 Å². The highest BCUT2D eigenvalue weighted by atomic mass is 32.2. The molecular weight excluding hydrogens is 444 g/mol. The van der Waals surface area contributed by atoms with Gasteiger partial charge in [-0.25, -0.2) is 13.2 Å². The summed E-state index contributed by atoms with van der Waals surface area (Å²) in [5, 5.41) is 0. The van der Waals surface area contributed by atoms with Gasteiger partial charge in [-0.1, -0.05) is 24.3 Å². The van der Waals surface area contributed by atoms with Crippen LogP contribution in [0.4, 0.5) is 5.69 Å². The summed E-state index contributed by atoms with van der Waals surface area (Å²) < 4.78 is 38.8. The molecule has 33 heavy (non-hydrogen) atoms. The van der Waals surface area contributed by atoms with E-state index in [0.29, 0.717) is 36.4 Å². The first kappa shape index (κ1) is 23.3. The van der Waals surface area contributed by atoms with Gasteiger partial charge in [0, 0.05) is 13.1 Å². The van der Waals surface area contributed by atoms with Crippen LogP contribution in [0.3, 0.4) is 0 Å². The number of esters is 1. The van der Waals surface area contributed by atoms with E-state index < -0.39 is 28.0 Å². The van der Waals surface area contributed by atoms with E-state index in [9.17, 15) is 18.0 Å². The van der Waals surface area contributed by atoms with Crippen molar-refractivity contribution < 1.29 is 27.5 Å². The summed E-state index contributed by atoms with van der Waals surface area (Å²) in [6.07, 6.45) is 0.208. The Morgan fingerprint density at radius 2 is 1.85 bits per heavy atom. The van der Waals surface area contributed by atoms with Gasteiger partial charge in [0.25, 0.3) is 0 Å². The van der Waals surface area contributed by atoms with Crippen LogP contribution < -0.4 is 9.64 Å². The topological polar surface area (TPSA) is 93.2 Å². The summed E-state index contributed by atoms with van der Waals surface area (Å²) in [4.78, 5) is 27.6. The number of aryl methyl sites for hydroxylation is 2. The number of piperidine rings is 1. The normalized spacial score (nSPS) is 21.1. The van der Waals surface area contributed by atoms with Gasteiger partial charge < -0.3 is 14.4 Å². The molecule has 2 aliphatic heterocycles. The Kier molecular flexibility index (Phi) is 6.45. The molecular formula is C24H28N2O6S. The van der Waals surface area contributed by atoms with Crippen LogP contribution in [0.2, 0.25) is 0 Å². The number of rotatable bonds is 4. The number of nitrogens with zero attached hydrogens (tertiary/aromatic N) is 2. The molecule has 1 amide bonds. The van der Waals surface area contributed by atoms with Gasteiger partial charge in [-0.3, -0.25) is 4.79 Å². The fourth-order valence-corrected chi connectivity index (χ4v) is 6.24. The Morgan fingerprint density at radius 3 is 2.61 bits per heavy atom. The van der Waals surface area contributed by atoms with E-state index in [4.69, 9.17) is 9.47 Å². The van der Waals surface area contributed by atoms with Crippen LogP contribution in [-0.2, 0) is 24.3 Å². The number of hydrogen-bond acceptors (Lipinski definition) is 6. The summed E-state index contributed by atoms with van der Waals surface area (Å²) >= 11 is 0. The molecule has 2 atom stereocenters. The van der Waals surface area contributed by atoms with Gasteiger partial charge in [-0.2, -0.15) is 4.31 Å². The van der Waals surface area contributed by atoms with Gasteiger partial charge in [0.2, 0.25) is 22.0 Å². The summed E-state index contributed by atoms with van der Waals surface area (Å²) in [5.74, 6) is -0.892. The second kappa shape index (κ2) is 9.15. The van der Waals surface area contributed by atoms with Crippen LogP contribution in [0.1, 0.15) is 24.0 Å². The highest BCUT2D eigenvalue weighted by Gasteiger charge is 2.40. The highest BCUT2D eigenvalue weighted by Crippen LogP contribution is 2.36. The monoisotopic (exact) mass is 472 g/mol. The number of benzene rings is 2. The molecule has 176 valence electrons. The van der Waals surface area contributed by atoms with Crippen LogP contribution in [0, 0.1) is 19.8 Å². The number of sulfonamides is 1. The molecule has 9 heteroatoms. The molecule has 0 unspecified atom stereocenters. The van der Waals surface area contributed by atoms with Crippen molar-refractivity contribution in [2.75, 3.05) is 31.6 Å². The fourth-order valence-electron chi connectivity index (χ4n) is 4.40. The predicted octanol–water partition coefficient (Wildman–Crippen LogP) is 2.67. The summed E-state index contributed by atoms with van der Waals surface area (Å²) in [6.45, 7) is 4.11. The average molecular weight is 473 g/mol. The summed E-state index contributed by atoms with van der Waals surface area (Å²) in [5.41, 5.74) is 2.11. The minimum Gasteiger partial charge on any atom is -0.475 e. The third-order valence-electron chi connectivity index (χ3n) is 6.20. The van der Waals surface area contributed by atoms with Gasteiger partial charge in [-0.05, 0) is 56.0 Å². The van der Waals surface area contributed by atoms with Crippen molar-refractivity contribution >= 4 is 27.6 Å². The molecule has 0 aromatic heterocycles. The van der Waals surface area contributed by atoms with E-state index in [1.165, 1.54) is 16.3 Å². The molecule has 4 rings (SSSR count). The van der Waals surface area contributed by atoms with Crippen LogP contribution in [0.15, 0.2) is 47.4 Å². The number of fused-ring (bicyclic) bond motifs is 1. The van der Waals surface area contributed by atoms with Crippen molar-refractivity contribution in [1.29, 1.82) is 0 Å². The van der Waals surface area contributed by atoms with Gasteiger partial charge in [0.15, 0.2) is 0 Å². The maximum Gasteiger partial charge on any atom is 0.348 e. The number of carbonyl (C=O) groups excluding carboxylic acids is 2. The van der Waals surface area contributed by atoms with Crippen molar-refractivity contribution in [1.82, 2.24) is 4.31 Å². The van der Waals surface area contributed by atoms with Crippen LogP contribution >= 0.6 is 0 Å². The van der Waals surface area contributed by atoms with Crippen molar-refractivity contribution in [3.8, 4) is 5.75 Å². The highest BCUT2D eigenvalue weighted by molar-refractivity contribution is 7.89. The van der Waals surface area contributed by atoms with Crippen molar-refractivity contribution in [3.63, 3.8) is 0 Å². The Morgan fingerprint density at radius 1 is 1.09 bits per heavy atom. The minimum absolute atomic E-state index is 0.0166. The summed E-state index contributed by atoms with van der Waals surface area (Å²) in [6, 6.07) is 12.4. The van der Waals surface area contributed by atoms with E-state index in [0.717, 1.165) is 5.56 Å². The lowest BCUT2D eigenvalue weighted by Crippen LogP contribution is -2.52. The van der Waals surface area contributed by atoms with E-state index in [1.807, 2.05) is 13.0 Å². The quantitative estimate of drug-likeness (QED) is 0.636. The van der Waals surface area contributed by atoms with E-state index in [1.54, 1.807) is 43.3 Å². The molecule has 0 bridgehead atoms. The fraction of sp³-hybridized carbons (Fsp3) is 0.417. The lowest BCUT2D eigenvalue weighted by molar-refractivity contribution is -0.148. The second-order valence-corrected chi connectivity index (χ2v) is 10.4. The van der Waals surface area contributed by atoms with E-state index in [-0.39, 0.29) is 23.9 Å². The molecule has 1 saturated heterocycles. The van der Waals surface area contributed by atoms with Crippen molar-refractivity contribution in [3.05, 3.63) is 53.6 Å². The zero-order valence-corrected chi connectivity index (χ0v) is 19.8. The Bertz CT molecular complexity index is 1180. The second-order valence-electron chi connectivity index (χ2n) is 8.52. The molecule has 0 radical (unpaired) electrons. The number of hydrogen-bond donors (Lipinski definition) is 0. The molecule has 2 aromatic rings. The minimum atomic E-state index is -3.74. The van der Waals surface area contributed by atoms with Crippen molar-refractivity contribution in [2.24, 2.45) is 5.92 Å². The number of para-hydroxylation sites is 2. The smallest absolute Gasteiger partial charge is 0.348 e. The van der Waals surface area contributed by atoms with Crippen LogP contribution in [-0.4, -0.2) is 57.4 Å². The van der Waals surface area contributed by atoms with E-state index >= 15 is 0 Å². The van der Waals surface area contributed by atoms with Gasteiger partial charge in [0.1, 0.15) is 5.75 Å². The SMILES string of the molecule is COC(=O)[C@H]1CN(C(=O)[C@@H]2CCCN(S(=O)(=O)c3cc(C)ccc3C)C2)c2ccccc2O1. The third kappa shape index (κ3) is 4.47. The Hall–Kier alpha value is -2.91. The predicted molar refractivity (Wildman–Crippen MR) is 123 cm³/mol. The molecule has 1 fully saturated rings. The zero-order chi connectivity index (χ0) is 23.8. The maximum atomic E-state index is 13.6. The molecule has 2 aliphatic rings. The average Bonchev–Trinajstić information content (AvgIpc) is 2.83. The largest absolute Gasteiger partial charge is 0.475 e.